The van der Waals surface area contributed by atoms with Gasteiger partial charge in [-0.25, -0.2) is 4.39 Å². The SMILES string of the molecule is Cc1ccc(F)cc1CN1CC2CCCC(N)C2C1. The van der Waals surface area contributed by atoms with Crippen molar-refractivity contribution in [1.29, 1.82) is 0 Å². The number of halogens is 1. The summed E-state index contributed by atoms with van der Waals surface area (Å²) >= 11 is 0. The van der Waals surface area contributed by atoms with Gasteiger partial charge in [-0.05, 0) is 54.9 Å². The topological polar surface area (TPSA) is 29.3 Å². The first kappa shape index (κ1) is 13.1. The number of nitrogens with two attached hydrogens (primary N) is 1. The molecule has 0 radical (unpaired) electrons. The van der Waals surface area contributed by atoms with E-state index in [9.17, 15) is 4.39 Å². The van der Waals surface area contributed by atoms with Gasteiger partial charge >= 0.3 is 0 Å². The molecule has 3 heteroatoms. The van der Waals surface area contributed by atoms with E-state index in [0.29, 0.717) is 12.0 Å². The molecule has 0 bridgehead atoms. The maximum absolute atomic E-state index is 13.3. The summed E-state index contributed by atoms with van der Waals surface area (Å²) in [5.41, 5.74) is 8.54. The van der Waals surface area contributed by atoms with Crippen LogP contribution in [-0.2, 0) is 6.54 Å². The van der Waals surface area contributed by atoms with Crippen molar-refractivity contribution in [2.75, 3.05) is 13.1 Å². The number of aryl methyl sites for hydroxylation is 1. The van der Waals surface area contributed by atoms with Gasteiger partial charge < -0.3 is 5.73 Å². The fraction of sp³-hybridized carbons (Fsp3) is 0.625. The lowest BCUT2D eigenvalue weighted by Gasteiger charge is -2.29. The van der Waals surface area contributed by atoms with Crippen LogP contribution in [0.15, 0.2) is 18.2 Å². The first-order valence-corrected chi connectivity index (χ1v) is 7.36. The van der Waals surface area contributed by atoms with Gasteiger partial charge in [0.15, 0.2) is 0 Å². The molecule has 1 aliphatic carbocycles. The summed E-state index contributed by atoms with van der Waals surface area (Å²) in [6.45, 7) is 5.14. The zero-order valence-corrected chi connectivity index (χ0v) is 11.6. The highest BCUT2D eigenvalue weighted by molar-refractivity contribution is 5.26. The molecule has 1 heterocycles. The monoisotopic (exact) mass is 262 g/mol. The molecule has 1 aromatic rings. The Morgan fingerprint density at radius 1 is 1.32 bits per heavy atom. The molecule has 2 fully saturated rings. The van der Waals surface area contributed by atoms with Crippen LogP contribution in [0.4, 0.5) is 4.39 Å². The number of benzene rings is 1. The Bertz CT molecular complexity index is 460. The molecule has 3 unspecified atom stereocenters. The van der Waals surface area contributed by atoms with Crippen LogP contribution in [0, 0.1) is 24.6 Å². The van der Waals surface area contributed by atoms with E-state index in [1.165, 1.54) is 24.8 Å². The van der Waals surface area contributed by atoms with Gasteiger partial charge in [-0.15, -0.1) is 0 Å². The Morgan fingerprint density at radius 2 is 2.16 bits per heavy atom. The Kier molecular flexibility index (Phi) is 3.59. The molecule has 2 N–H and O–H groups in total. The second-order valence-electron chi connectivity index (χ2n) is 6.28. The predicted octanol–water partition coefficient (Wildman–Crippen LogP) is 2.69. The van der Waals surface area contributed by atoms with E-state index in [4.69, 9.17) is 5.73 Å². The molecule has 104 valence electrons. The van der Waals surface area contributed by atoms with E-state index in [1.54, 1.807) is 12.1 Å². The van der Waals surface area contributed by atoms with Crippen LogP contribution in [0.2, 0.25) is 0 Å². The average molecular weight is 262 g/mol. The summed E-state index contributed by atoms with van der Waals surface area (Å²) in [5.74, 6) is 1.29. The Labute approximate surface area is 114 Å². The Hall–Kier alpha value is -0.930. The second-order valence-corrected chi connectivity index (χ2v) is 6.28. The first-order chi connectivity index (χ1) is 9.13. The standard InChI is InChI=1S/C16H23FN2/c1-11-5-6-14(17)7-13(11)9-19-8-12-3-2-4-16(18)15(12)10-19/h5-7,12,15-16H,2-4,8-10,18H2,1H3. The van der Waals surface area contributed by atoms with E-state index in [0.717, 1.165) is 31.1 Å². The third-order valence-corrected chi connectivity index (χ3v) is 4.93. The highest BCUT2D eigenvalue weighted by Gasteiger charge is 2.38. The zero-order chi connectivity index (χ0) is 13.4. The number of hydrogen-bond donors (Lipinski definition) is 1. The predicted molar refractivity (Wildman–Crippen MR) is 75.2 cm³/mol. The van der Waals surface area contributed by atoms with Crippen LogP contribution in [0.3, 0.4) is 0 Å². The van der Waals surface area contributed by atoms with Gasteiger partial charge in [0.2, 0.25) is 0 Å². The molecule has 1 saturated carbocycles. The third kappa shape index (κ3) is 2.67. The van der Waals surface area contributed by atoms with Crippen LogP contribution < -0.4 is 5.73 Å². The van der Waals surface area contributed by atoms with Crippen molar-refractivity contribution in [3.63, 3.8) is 0 Å². The van der Waals surface area contributed by atoms with Crippen LogP contribution in [-0.4, -0.2) is 24.0 Å². The molecule has 0 amide bonds. The fourth-order valence-electron chi connectivity index (χ4n) is 3.79. The molecule has 1 aliphatic heterocycles. The molecule has 1 aromatic carbocycles. The molecule has 3 rings (SSSR count). The van der Waals surface area contributed by atoms with Gasteiger partial charge in [0.25, 0.3) is 0 Å². The van der Waals surface area contributed by atoms with Gasteiger partial charge in [-0.2, -0.15) is 0 Å². The summed E-state index contributed by atoms with van der Waals surface area (Å²) in [7, 11) is 0. The number of rotatable bonds is 2. The molecule has 0 aromatic heterocycles. The molecule has 1 saturated heterocycles. The molecule has 3 atom stereocenters. The molecule has 19 heavy (non-hydrogen) atoms. The summed E-state index contributed by atoms with van der Waals surface area (Å²) in [6, 6.07) is 5.47. The van der Waals surface area contributed by atoms with E-state index in [2.05, 4.69) is 11.8 Å². The minimum atomic E-state index is -0.131. The zero-order valence-electron chi connectivity index (χ0n) is 11.6. The average Bonchev–Trinajstić information content (AvgIpc) is 2.78. The molecular formula is C16H23FN2. The summed E-state index contributed by atoms with van der Waals surface area (Å²) in [5, 5.41) is 0. The van der Waals surface area contributed by atoms with Crippen molar-refractivity contribution in [3.8, 4) is 0 Å². The smallest absolute Gasteiger partial charge is 0.123 e. The summed E-state index contributed by atoms with van der Waals surface area (Å²) in [6.07, 6.45) is 3.76. The Balaban J connectivity index is 1.70. The fourth-order valence-corrected chi connectivity index (χ4v) is 3.79. The second kappa shape index (κ2) is 5.22. The van der Waals surface area contributed by atoms with Gasteiger partial charge in [0, 0.05) is 25.7 Å². The van der Waals surface area contributed by atoms with Crippen molar-refractivity contribution in [1.82, 2.24) is 4.90 Å². The van der Waals surface area contributed by atoms with Crippen LogP contribution in [0.5, 0.6) is 0 Å². The minimum absolute atomic E-state index is 0.131. The van der Waals surface area contributed by atoms with Gasteiger partial charge in [-0.1, -0.05) is 12.5 Å². The largest absolute Gasteiger partial charge is 0.327 e. The molecule has 0 spiro atoms. The first-order valence-electron chi connectivity index (χ1n) is 7.36. The lowest BCUT2D eigenvalue weighted by atomic mass is 9.78. The third-order valence-electron chi connectivity index (χ3n) is 4.93. The maximum Gasteiger partial charge on any atom is 0.123 e. The van der Waals surface area contributed by atoms with Crippen molar-refractivity contribution < 1.29 is 4.39 Å². The number of hydrogen-bond acceptors (Lipinski definition) is 2. The number of nitrogens with zero attached hydrogens (tertiary/aromatic N) is 1. The van der Waals surface area contributed by atoms with Gasteiger partial charge in [0.1, 0.15) is 5.82 Å². The minimum Gasteiger partial charge on any atom is -0.327 e. The van der Waals surface area contributed by atoms with E-state index in [1.807, 2.05) is 6.07 Å². The van der Waals surface area contributed by atoms with Crippen LogP contribution in [0.25, 0.3) is 0 Å². The molecule has 2 nitrogen and oxygen atoms in total. The van der Waals surface area contributed by atoms with Gasteiger partial charge in [0.05, 0.1) is 0 Å². The molecule has 2 aliphatic rings. The van der Waals surface area contributed by atoms with Gasteiger partial charge in [-0.3, -0.25) is 4.90 Å². The summed E-state index contributed by atoms with van der Waals surface area (Å²) in [4.78, 5) is 2.46. The van der Waals surface area contributed by atoms with Crippen molar-refractivity contribution in [2.24, 2.45) is 17.6 Å². The highest BCUT2D eigenvalue weighted by atomic mass is 19.1. The van der Waals surface area contributed by atoms with E-state index < -0.39 is 0 Å². The number of likely N-dealkylation sites (tertiary alicyclic amines) is 1. The van der Waals surface area contributed by atoms with Crippen molar-refractivity contribution >= 4 is 0 Å². The summed E-state index contributed by atoms with van der Waals surface area (Å²) < 4.78 is 13.3. The van der Waals surface area contributed by atoms with Crippen molar-refractivity contribution in [2.45, 2.75) is 38.8 Å². The normalized spacial score (nSPS) is 31.4. The molecular weight excluding hydrogens is 239 g/mol. The highest BCUT2D eigenvalue weighted by Crippen LogP contribution is 2.36. The van der Waals surface area contributed by atoms with Crippen molar-refractivity contribution in [3.05, 3.63) is 35.1 Å². The lowest BCUT2D eigenvalue weighted by Crippen LogP contribution is -2.38. The number of fused-ring (bicyclic) bond motifs is 1. The Morgan fingerprint density at radius 3 is 2.95 bits per heavy atom. The van der Waals surface area contributed by atoms with E-state index >= 15 is 0 Å². The maximum atomic E-state index is 13.3. The van der Waals surface area contributed by atoms with E-state index in [-0.39, 0.29) is 5.82 Å². The lowest BCUT2D eigenvalue weighted by molar-refractivity contribution is 0.259. The van der Waals surface area contributed by atoms with Crippen LogP contribution in [0.1, 0.15) is 30.4 Å². The quantitative estimate of drug-likeness (QED) is 0.888. The van der Waals surface area contributed by atoms with Crippen LogP contribution >= 0.6 is 0 Å².